The van der Waals surface area contributed by atoms with Crippen LogP contribution in [0.25, 0.3) is 93.8 Å². The van der Waals surface area contributed by atoms with Gasteiger partial charge in [-0.1, -0.05) is 121 Å². The summed E-state index contributed by atoms with van der Waals surface area (Å²) in [5.74, 6) is 0. The maximum Gasteiger partial charge on any atom is 0.334 e. The Balaban J connectivity index is 1.00. The van der Waals surface area contributed by atoms with Crippen molar-refractivity contribution < 1.29 is 4.57 Å². The van der Waals surface area contributed by atoms with E-state index < -0.39 is 0 Å². The number of hydrogen-bond donors (Lipinski definition) is 0. The normalized spacial score (nSPS) is 14.2. The van der Waals surface area contributed by atoms with E-state index in [9.17, 15) is 0 Å². The average molecular weight is 876 g/mol. The Morgan fingerprint density at radius 2 is 0.942 bits per heavy atom. The third kappa shape index (κ3) is 3.92. The average Bonchev–Trinajstić information content (AvgIpc) is 3.91. The Labute approximate surface area is 397 Å². The van der Waals surface area contributed by atoms with Gasteiger partial charge in [0.2, 0.25) is 5.69 Å². The fraction of sp³-hybridized carbons (Fsp3) is 0.0492. The van der Waals surface area contributed by atoms with Crippen molar-refractivity contribution in [2.24, 2.45) is 0 Å². The largest absolute Gasteiger partial charge is 0.375 e. The van der Waals surface area contributed by atoms with Crippen LogP contribution in [-0.4, -0.2) is 27.6 Å². The summed E-state index contributed by atoms with van der Waals surface area (Å²) in [6.07, 6.45) is 9.15. The molecule has 0 fully saturated rings. The van der Waals surface area contributed by atoms with Crippen molar-refractivity contribution in [1.82, 2.24) is 13.9 Å². The highest BCUT2D eigenvalue weighted by Gasteiger charge is 2.50. The summed E-state index contributed by atoms with van der Waals surface area (Å²) in [5, 5.41) is 5.24. The lowest BCUT2D eigenvalue weighted by Crippen LogP contribution is -2.60. The van der Waals surface area contributed by atoms with E-state index in [1.165, 1.54) is 149 Å². The quantitative estimate of drug-likeness (QED) is 0.131. The van der Waals surface area contributed by atoms with Crippen LogP contribution in [-0.2, 0) is 0 Å². The van der Waals surface area contributed by atoms with Gasteiger partial charge in [-0.05, 0) is 83.1 Å². The van der Waals surface area contributed by atoms with Crippen molar-refractivity contribution in [3.8, 4) is 50.2 Å². The summed E-state index contributed by atoms with van der Waals surface area (Å²) < 4.78 is 7.85. The van der Waals surface area contributed by atoms with Crippen LogP contribution in [0.5, 0.6) is 0 Å². The summed E-state index contributed by atoms with van der Waals surface area (Å²) >= 11 is 0. The molecule has 0 spiro atoms. The van der Waals surface area contributed by atoms with Gasteiger partial charge in [0.05, 0.1) is 23.3 Å². The van der Waals surface area contributed by atoms with Crippen LogP contribution in [0.2, 0.25) is 0 Å². The third-order valence-corrected chi connectivity index (χ3v) is 16.9. The molecule has 0 saturated carbocycles. The van der Waals surface area contributed by atoms with Crippen molar-refractivity contribution >= 4 is 113 Å². The number of benzene rings is 8. The maximum absolute atomic E-state index is 5.04. The first-order valence-corrected chi connectivity index (χ1v) is 24.3. The molecule has 8 aromatic carbocycles. The molecular formula is C61H37B2N6+. The summed E-state index contributed by atoms with van der Waals surface area (Å²) in [6, 6.07) is 55.4. The zero-order valence-electron chi connectivity index (χ0n) is 38.0. The van der Waals surface area contributed by atoms with Gasteiger partial charge in [-0.2, -0.15) is 4.57 Å². The monoisotopic (exact) mass is 875 g/mol. The minimum Gasteiger partial charge on any atom is -0.375 e. The first kappa shape index (κ1) is 35.6. The van der Waals surface area contributed by atoms with Crippen LogP contribution in [0.3, 0.4) is 0 Å². The number of nitrogens with zero attached hydrogens (tertiary/aromatic N) is 6. The van der Waals surface area contributed by atoms with Crippen LogP contribution in [0.1, 0.15) is 16.7 Å². The first-order valence-electron chi connectivity index (χ1n) is 24.3. The van der Waals surface area contributed by atoms with Gasteiger partial charge in [0, 0.05) is 107 Å². The Bertz CT molecular complexity index is 4480. The van der Waals surface area contributed by atoms with Crippen molar-refractivity contribution in [3.63, 3.8) is 0 Å². The van der Waals surface area contributed by atoms with Crippen LogP contribution in [0.15, 0.2) is 170 Å². The van der Waals surface area contributed by atoms with Crippen molar-refractivity contribution in [1.29, 1.82) is 0 Å². The Kier molecular flexibility index (Phi) is 6.05. The van der Waals surface area contributed by atoms with E-state index in [-0.39, 0.29) is 13.7 Å². The SMILES string of the molecule is Cc1cc(C)c(N2c3cccc4c3B3c5c(c[n+](-c6cc7c8c(c6)N(c6ccccc6)c6cncc9c6B8n6c8c-9cccc8c8cccc-7c86)cc52)-c2cccc5c6cccc-4c6n3c25)c(C)c1. The van der Waals surface area contributed by atoms with Gasteiger partial charge in [-0.15, -0.1) is 0 Å². The molecule has 4 aromatic heterocycles. The maximum atomic E-state index is 5.04. The van der Waals surface area contributed by atoms with Gasteiger partial charge in [0.25, 0.3) is 0 Å². The minimum absolute atomic E-state index is 0.000827. The molecule has 316 valence electrons. The number of pyridine rings is 2. The minimum atomic E-state index is 0.000827. The number of hydrogen-bond acceptors (Lipinski definition) is 3. The number of fused-ring (bicyclic) bond motifs is 6. The molecule has 0 aliphatic carbocycles. The Morgan fingerprint density at radius 3 is 1.59 bits per heavy atom. The number of aromatic nitrogens is 4. The van der Waals surface area contributed by atoms with Crippen molar-refractivity contribution in [2.45, 2.75) is 20.8 Å². The van der Waals surface area contributed by atoms with Gasteiger partial charge < -0.3 is 18.8 Å². The van der Waals surface area contributed by atoms with Crippen LogP contribution >= 0.6 is 0 Å². The standard InChI is InChI=1S/C61H37B2N6/c1-32-24-33(2)57(34(3)25-32)67-49-23-11-14-37-38-15-7-16-39-42-19-10-22-45-48-30-65(31-52(67)56(48)62(53(37)49)68(58(38)39)61(42)45)36-26-46-43-20-8-17-40-41-18-9-21-44-47-28-64-29-51-55(47)63(69(59(40)43)60(41)44)54(46)50(27-36)66(51)35-12-5-4-6-13-35/h4-31H,1-3H3/q+1. The smallest absolute Gasteiger partial charge is 0.334 e. The van der Waals surface area contributed by atoms with E-state index in [2.05, 4.69) is 214 Å². The molecule has 12 aromatic rings. The van der Waals surface area contributed by atoms with Gasteiger partial charge in [0.1, 0.15) is 5.69 Å². The summed E-state index contributed by atoms with van der Waals surface area (Å²) in [7, 11) is 0. The lowest BCUT2D eigenvalue weighted by atomic mass is 9.43. The molecule has 18 rings (SSSR count). The van der Waals surface area contributed by atoms with E-state index >= 15 is 0 Å². The van der Waals surface area contributed by atoms with Crippen LogP contribution in [0, 0.1) is 20.8 Å². The Morgan fingerprint density at radius 1 is 0.406 bits per heavy atom. The zero-order valence-corrected chi connectivity index (χ0v) is 38.0. The Hall–Kier alpha value is -8.61. The third-order valence-electron chi connectivity index (χ3n) is 16.9. The second-order valence-corrected chi connectivity index (χ2v) is 20.3. The molecule has 0 unspecified atom stereocenters. The molecule has 0 amide bonds. The zero-order chi connectivity index (χ0) is 44.9. The highest BCUT2D eigenvalue weighted by molar-refractivity contribution is 6.92. The molecule has 0 atom stereocenters. The van der Waals surface area contributed by atoms with Crippen LogP contribution < -0.4 is 36.2 Å². The summed E-state index contributed by atoms with van der Waals surface area (Å²) in [5.41, 5.74) is 33.0. The summed E-state index contributed by atoms with van der Waals surface area (Å²) in [6.45, 7) is 6.83. The fourth-order valence-electron chi connectivity index (χ4n) is 14.7. The molecule has 8 heteroatoms. The van der Waals surface area contributed by atoms with Gasteiger partial charge in [0.15, 0.2) is 12.4 Å². The van der Waals surface area contributed by atoms with E-state index in [4.69, 9.17) is 4.98 Å². The molecule has 0 radical (unpaired) electrons. The molecule has 6 aliphatic rings. The molecule has 10 heterocycles. The van der Waals surface area contributed by atoms with E-state index in [0.717, 1.165) is 17.1 Å². The molecular weight excluding hydrogens is 838 g/mol. The predicted molar refractivity (Wildman–Crippen MR) is 285 cm³/mol. The van der Waals surface area contributed by atoms with Gasteiger partial charge in [-0.25, -0.2) is 0 Å². The molecule has 0 saturated heterocycles. The molecule has 69 heavy (non-hydrogen) atoms. The number of rotatable bonds is 3. The predicted octanol–water partition coefficient (Wildman–Crippen LogP) is 11.3. The van der Waals surface area contributed by atoms with Crippen molar-refractivity contribution in [2.75, 3.05) is 9.80 Å². The molecule has 6 aliphatic heterocycles. The highest BCUT2D eigenvalue weighted by Crippen LogP contribution is 2.53. The van der Waals surface area contributed by atoms with E-state index in [1.807, 2.05) is 0 Å². The second kappa shape index (κ2) is 11.7. The number of aryl methyl sites for hydroxylation is 3. The molecule has 6 nitrogen and oxygen atoms in total. The molecule has 0 N–H and O–H groups in total. The summed E-state index contributed by atoms with van der Waals surface area (Å²) in [4.78, 5) is 10.2. The van der Waals surface area contributed by atoms with Gasteiger partial charge in [-0.3, -0.25) is 4.98 Å². The van der Waals surface area contributed by atoms with E-state index in [1.54, 1.807) is 0 Å². The van der Waals surface area contributed by atoms with Crippen LogP contribution in [0.4, 0.5) is 34.1 Å². The topological polar surface area (TPSA) is 33.1 Å². The second-order valence-electron chi connectivity index (χ2n) is 20.3. The first-order chi connectivity index (χ1) is 34.0. The van der Waals surface area contributed by atoms with Gasteiger partial charge >= 0.3 is 13.7 Å². The van der Waals surface area contributed by atoms with E-state index in [0.29, 0.717) is 0 Å². The van der Waals surface area contributed by atoms with Crippen molar-refractivity contribution in [3.05, 3.63) is 187 Å². The lowest BCUT2D eigenvalue weighted by molar-refractivity contribution is -0.594. The fourth-order valence-corrected chi connectivity index (χ4v) is 14.7. The number of anilines is 6. The number of para-hydroxylation sites is 5. The molecule has 0 bridgehead atoms. The lowest BCUT2D eigenvalue weighted by Gasteiger charge is -2.43. The highest BCUT2D eigenvalue weighted by atomic mass is 15.2.